The molecule has 0 aliphatic heterocycles. The molecular weight excluding hydrogens is 228 g/mol. The molecule has 5 nitrogen and oxygen atoms in total. The van der Waals surface area contributed by atoms with E-state index in [2.05, 4.69) is 17.2 Å². The van der Waals surface area contributed by atoms with E-state index in [0.29, 0.717) is 0 Å². The molecule has 16 heavy (non-hydrogen) atoms. The fourth-order valence-electron chi connectivity index (χ4n) is 1.10. The Morgan fingerprint density at radius 2 is 2.12 bits per heavy atom. The number of carbonyl (C=O) groups excluding carboxylic acids is 1. The number of nitrogens with one attached hydrogen (secondary N) is 2. The van der Waals surface area contributed by atoms with Crippen LogP contribution in [-0.4, -0.2) is 41.2 Å². The molecule has 3 N–H and O–H groups in total. The van der Waals surface area contributed by atoms with Crippen LogP contribution in [0.15, 0.2) is 12.7 Å². The number of hydrogen-bond acceptors (Lipinski definition) is 3. The van der Waals surface area contributed by atoms with Crippen molar-refractivity contribution in [2.45, 2.75) is 25.4 Å². The van der Waals surface area contributed by atoms with Gasteiger partial charge in [0.1, 0.15) is 6.04 Å². The minimum absolute atomic E-state index is 0.00757. The number of hydrogen-bond donors (Lipinski definition) is 3. The molecule has 6 heteroatoms. The van der Waals surface area contributed by atoms with E-state index in [1.807, 2.05) is 13.2 Å². The van der Waals surface area contributed by atoms with Crippen LogP contribution in [0.25, 0.3) is 0 Å². The van der Waals surface area contributed by atoms with Gasteiger partial charge in [-0.15, -0.1) is 6.58 Å². The number of carboxylic acids is 1. The maximum absolute atomic E-state index is 11.4. The van der Waals surface area contributed by atoms with Crippen molar-refractivity contribution in [1.29, 1.82) is 0 Å². The van der Waals surface area contributed by atoms with Crippen LogP contribution in [0.4, 0.5) is 4.79 Å². The summed E-state index contributed by atoms with van der Waals surface area (Å²) in [5.74, 6) is -0.278. The van der Waals surface area contributed by atoms with Gasteiger partial charge in [-0.05, 0) is 19.6 Å². The Kier molecular flexibility index (Phi) is 7.45. The van der Waals surface area contributed by atoms with E-state index in [-0.39, 0.29) is 12.5 Å². The van der Waals surface area contributed by atoms with E-state index in [1.54, 1.807) is 11.8 Å². The maximum Gasteiger partial charge on any atom is 0.326 e. The van der Waals surface area contributed by atoms with E-state index < -0.39 is 18.0 Å². The molecule has 0 aromatic carbocycles. The third-order valence-corrected chi connectivity index (χ3v) is 2.63. The number of thioether (sulfide) groups is 1. The molecule has 92 valence electrons. The Hall–Kier alpha value is -1.17. The lowest BCUT2D eigenvalue weighted by Gasteiger charge is -2.16. The van der Waals surface area contributed by atoms with Gasteiger partial charge in [-0.2, -0.15) is 11.8 Å². The third kappa shape index (κ3) is 6.34. The number of carboxylic acid groups (broad SMARTS) is 1. The number of aliphatic carboxylic acids is 1. The summed E-state index contributed by atoms with van der Waals surface area (Å²) in [6.45, 7) is 5.30. The van der Waals surface area contributed by atoms with E-state index >= 15 is 0 Å². The lowest BCUT2D eigenvalue weighted by atomic mass is 10.2. The highest BCUT2D eigenvalue weighted by atomic mass is 32.2. The normalized spacial score (nSPS) is 13.6. The molecular formula is C10H18N2O3S. The molecule has 0 radical (unpaired) electrons. The molecule has 0 rings (SSSR count). The molecule has 0 fully saturated rings. The Morgan fingerprint density at radius 1 is 1.50 bits per heavy atom. The van der Waals surface area contributed by atoms with Crippen molar-refractivity contribution in [3.63, 3.8) is 0 Å². The van der Waals surface area contributed by atoms with Crippen LogP contribution in [0.2, 0.25) is 0 Å². The molecule has 0 aliphatic carbocycles. The second-order valence-electron chi connectivity index (χ2n) is 3.39. The number of carbonyl (C=O) groups is 2. The first-order chi connectivity index (χ1) is 7.51. The van der Waals surface area contributed by atoms with Gasteiger partial charge in [0.05, 0.1) is 0 Å². The zero-order valence-electron chi connectivity index (χ0n) is 9.53. The average molecular weight is 246 g/mol. The number of urea groups is 1. The van der Waals surface area contributed by atoms with Crippen LogP contribution in [0.3, 0.4) is 0 Å². The van der Waals surface area contributed by atoms with Gasteiger partial charge in [-0.25, -0.2) is 9.59 Å². The van der Waals surface area contributed by atoms with E-state index in [9.17, 15) is 9.59 Å². The molecule has 0 aromatic rings. The summed E-state index contributed by atoms with van der Waals surface area (Å²) in [6.07, 6.45) is 3.61. The standard InChI is InChI=1S/C10H18N2O3S/c1-4-5-8(9(13)14)12-10(15)11-7(2)6-16-3/h4,7-8H,1,5-6H2,2-3H3,(H,13,14)(H2,11,12,15). The highest BCUT2D eigenvalue weighted by molar-refractivity contribution is 7.98. The second kappa shape index (κ2) is 8.04. The van der Waals surface area contributed by atoms with Crippen LogP contribution < -0.4 is 10.6 Å². The predicted octanol–water partition coefficient (Wildman–Crippen LogP) is 1.07. The summed E-state index contributed by atoms with van der Waals surface area (Å²) < 4.78 is 0. The van der Waals surface area contributed by atoms with Crippen molar-refractivity contribution in [2.75, 3.05) is 12.0 Å². The van der Waals surface area contributed by atoms with E-state index in [1.165, 1.54) is 6.08 Å². The summed E-state index contributed by atoms with van der Waals surface area (Å²) in [6, 6.07) is -1.37. The van der Waals surface area contributed by atoms with Gasteiger partial charge in [0.15, 0.2) is 0 Å². The molecule has 2 unspecified atom stereocenters. The summed E-state index contributed by atoms with van der Waals surface area (Å²) in [5, 5.41) is 13.8. The van der Waals surface area contributed by atoms with Gasteiger partial charge in [-0.3, -0.25) is 0 Å². The Morgan fingerprint density at radius 3 is 2.56 bits per heavy atom. The summed E-state index contributed by atoms with van der Waals surface area (Å²) >= 11 is 1.61. The first kappa shape index (κ1) is 14.8. The van der Waals surface area contributed by atoms with Crippen molar-refractivity contribution in [3.8, 4) is 0 Å². The molecule has 2 amide bonds. The SMILES string of the molecule is C=CCC(NC(=O)NC(C)CSC)C(=O)O. The molecule has 0 saturated heterocycles. The molecule has 2 atom stereocenters. The monoisotopic (exact) mass is 246 g/mol. The molecule has 0 bridgehead atoms. The van der Waals surface area contributed by atoms with Crippen LogP contribution in [-0.2, 0) is 4.79 Å². The van der Waals surface area contributed by atoms with Crippen molar-refractivity contribution in [3.05, 3.63) is 12.7 Å². The van der Waals surface area contributed by atoms with Crippen LogP contribution in [0, 0.1) is 0 Å². The molecule has 0 aromatic heterocycles. The second-order valence-corrected chi connectivity index (χ2v) is 4.30. The van der Waals surface area contributed by atoms with Crippen molar-refractivity contribution < 1.29 is 14.7 Å². The van der Waals surface area contributed by atoms with E-state index in [4.69, 9.17) is 5.11 Å². The minimum Gasteiger partial charge on any atom is -0.480 e. The van der Waals surface area contributed by atoms with Gasteiger partial charge < -0.3 is 15.7 Å². The summed E-state index contributed by atoms with van der Waals surface area (Å²) in [7, 11) is 0. The summed E-state index contributed by atoms with van der Waals surface area (Å²) in [4.78, 5) is 22.1. The maximum atomic E-state index is 11.4. The average Bonchev–Trinajstić information content (AvgIpc) is 2.16. The van der Waals surface area contributed by atoms with Gasteiger partial charge in [0, 0.05) is 11.8 Å². The smallest absolute Gasteiger partial charge is 0.326 e. The molecule has 0 saturated carbocycles. The highest BCUT2D eigenvalue weighted by Crippen LogP contribution is 1.97. The van der Waals surface area contributed by atoms with Gasteiger partial charge in [0.25, 0.3) is 0 Å². The first-order valence-electron chi connectivity index (χ1n) is 4.91. The van der Waals surface area contributed by atoms with Crippen LogP contribution in [0.1, 0.15) is 13.3 Å². The largest absolute Gasteiger partial charge is 0.480 e. The Labute approximate surface area is 99.7 Å². The number of rotatable bonds is 7. The van der Waals surface area contributed by atoms with Crippen molar-refractivity contribution in [2.24, 2.45) is 0 Å². The van der Waals surface area contributed by atoms with Gasteiger partial charge >= 0.3 is 12.0 Å². The first-order valence-corrected chi connectivity index (χ1v) is 6.30. The fraction of sp³-hybridized carbons (Fsp3) is 0.600. The van der Waals surface area contributed by atoms with Crippen molar-refractivity contribution >= 4 is 23.8 Å². The molecule has 0 heterocycles. The zero-order chi connectivity index (χ0) is 12.6. The molecule has 0 spiro atoms. The lowest BCUT2D eigenvalue weighted by molar-refractivity contribution is -0.139. The number of amides is 2. The van der Waals surface area contributed by atoms with Gasteiger partial charge in [0.2, 0.25) is 0 Å². The quantitative estimate of drug-likeness (QED) is 0.587. The van der Waals surface area contributed by atoms with Crippen LogP contribution in [0.5, 0.6) is 0 Å². The van der Waals surface area contributed by atoms with Crippen LogP contribution >= 0.6 is 11.8 Å². The zero-order valence-corrected chi connectivity index (χ0v) is 10.3. The van der Waals surface area contributed by atoms with Crippen molar-refractivity contribution in [1.82, 2.24) is 10.6 Å². The Balaban J connectivity index is 4.09. The Bertz CT molecular complexity index is 258. The van der Waals surface area contributed by atoms with Gasteiger partial charge in [-0.1, -0.05) is 6.08 Å². The molecule has 0 aliphatic rings. The van der Waals surface area contributed by atoms with E-state index in [0.717, 1.165) is 5.75 Å². The predicted molar refractivity (Wildman–Crippen MR) is 65.7 cm³/mol. The lowest BCUT2D eigenvalue weighted by Crippen LogP contribution is -2.48. The topological polar surface area (TPSA) is 78.4 Å². The highest BCUT2D eigenvalue weighted by Gasteiger charge is 2.18. The third-order valence-electron chi connectivity index (χ3n) is 1.80. The fourth-order valence-corrected chi connectivity index (χ4v) is 1.69. The minimum atomic E-state index is -1.06. The summed E-state index contributed by atoms with van der Waals surface area (Å²) in [5.41, 5.74) is 0.